The number of nitrogens with zero attached hydrogens (tertiary/aromatic N) is 4. The van der Waals surface area contributed by atoms with Crippen molar-refractivity contribution in [3.05, 3.63) is 47.9 Å². The lowest BCUT2D eigenvalue weighted by atomic mass is 9.66. The van der Waals surface area contributed by atoms with Crippen molar-refractivity contribution in [3.8, 4) is 11.9 Å². The van der Waals surface area contributed by atoms with Crippen LogP contribution in [-0.4, -0.2) is 35.2 Å². The summed E-state index contributed by atoms with van der Waals surface area (Å²) in [5.41, 5.74) is 1.57. The molecule has 1 saturated heterocycles. The van der Waals surface area contributed by atoms with Gasteiger partial charge in [-0.25, -0.2) is 9.78 Å². The van der Waals surface area contributed by atoms with Gasteiger partial charge in [-0.05, 0) is 24.3 Å². The lowest BCUT2D eigenvalue weighted by Crippen LogP contribution is -2.53. The van der Waals surface area contributed by atoms with E-state index < -0.39 is 0 Å². The highest BCUT2D eigenvalue weighted by atomic mass is 16.5. The Hall–Kier alpha value is -3.14. The standard InChI is InChI=1S/C18H17N5O2/c1-25-16-14(10-20-15(9-19)21-16)23-11-18(22-17(23)24)7-13(8-18)12-5-3-2-4-6-12/h2-6,10,13H,7-8,11H2,1H3,(H,22,24). The molecule has 1 aliphatic carbocycles. The number of hydrogen-bond acceptors (Lipinski definition) is 5. The summed E-state index contributed by atoms with van der Waals surface area (Å²) in [4.78, 5) is 22.1. The smallest absolute Gasteiger partial charge is 0.322 e. The second-order valence-corrected chi connectivity index (χ2v) is 6.51. The number of hydrogen-bond donors (Lipinski definition) is 1. The third-order valence-electron chi connectivity index (χ3n) is 4.94. The van der Waals surface area contributed by atoms with Gasteiger partial charge in [0.2, 0.25) is 11.7 Å². The minimum absolute atomic E-state index is 0.0164. The molecule has 1 spiro atoms. The zero-order valence-corrected chi connectivity index (χ0v) is 13.8. The molecule has 2 amide bonds. The number of carbonyl (C=O) groups excluding carboxylic acids is 1. The summed E-state index contributed by atoms with van der Waals surface area (Å²) in [6, 6.07) is 12.0. The number of ether oxygens (including phenoxy) is 1. The van der Waals surface area contributed by atoms with Gasteiger partial charge in [0.15, 0.2) is 0 Å². The van der Waals surface area contributed by atoms with Gasteiger partial charge in [0.25, 0.3) is 0 Å². The zero-order valence-electron chi connectivity index (χ0n) is 13.8. The third-order valence-corrected chi connectivity index (χ3v) is 4.94. The number of aromatic nitrogens is 2. The number of benzene rings is 1. The molecule has 7 nitrogen and oxygen atoms in total. The quantitative estimate of drug-likeness (QED) is 0.928. The van der Waals surface area contributed by atoms with Crippen molar-refractivity contribution >= 4 is 11.7 Å². The highest BCUT2D eigenvalue weighted by molar-refractivity contribution is 5.96. The Balaban J connectivity index is 1.54. The van der Waals surface area contributed by atoms with E-state index in [0.717, 1.165) is 12.8 Å². The molecule has 2 fully saturated rings. The van der Waals surface area contributed by atoms with E-state index in [4.69, 9.17) is 10.00 Å². The Morgan fingerprint density at radius 1 is 1.36 bits per heavy atom. The number of anilines is 1. The molecule has 2 aromatic rings. The maximum Gasteiger partial charge on any atom is 0.322 e. The SMILES string of the molecule is COc1nc(C#N)ncc1N1CC2(CC(c3ccccc3)C2)NC1=O. The van der Waals surface area contributed by atoms with Gasteiger partial charge in [0.05, 0.1) is 25.4 Å². The average molecular weight is 335 g/mol. The average Bonchev–Trinajstić information content (AvgIpc) is 2.98. The lowest BCUT2D eigenvalue weighted by molar-refractivity contribution is 0.191. The number of amides is 2. The van der Waals surface area contributed by atoms with Crippen LogP contribution in [-0.2, 0) is 0 Å². The van der Waals surface area contributed by atoms with Crippen molar-refractivity contribution in [2.45, 2.75) is 24.3 Å². The van der Waals surface area contributed by atoms with Gasteiger partial charge in [0, 0.05) is 0 Å². The van der Waals surface area contributed by atoms with E-state index in [1.807, 2.05) is 24.3 Å². The second-order valence-electron chi connectivity index (χ2n) is 6.51. The maximum absolute atomic E-state index is 12.5. The van der Waals surface area contributed by atoms with Crippen molar-refractivity contribution in [3.63, 3.8) is 0 Å². The number of urea groups is 1. The van der Waals surface area contributed by atoms with Crippen LogP contribution in [0.4, 0.5) is 10.5 Å². The molecule has 2 aliphatic rings. The summed E-state index contributed by atoms with van der Waals surface area (Å²) >= 11 is 0. The Morgan fingerprint density at radius 3 is 2.80 bits per heavy atom. The third kappa shape index (κ3) is 2.56. The molecular formula is C18H17N5O2. The summed E-state index contributed by atoms with van der Waals surface area (Å²) in [7, 11) is 1.46. The van der Waals surface area contributed by atoms with Crippen molar-refractivity contribution < 1.29 is 9.53 Å². The first-order valence-electron chi connectivity index (χ1n) is 8.10. The van der Waals surface area contributed by atoms with Crippen LogP contribution in [0.3, 0.4) is 0 Å². The molecule has 25 heavy (non-hydrogen) atoms. The summed E-state index contributed by atoms with van der Waals surface area (Å²) in [5, 5.41) is 12.0. The van der Waals surface area contributed by atoms with Gasteiger partial charge in [0.1, 0.15) is 11.8 Å². The van der Waals surface area contributed by atoms with E-state index in [1.165, 1.54) is 18.9 Å². The van der Waals surface area contributed by atoms with Crippen molar-refractivity contribution in [2.75, 3.05) is 18.6 Å². The zero-order chi connectivity index (χ0) is 17.4. The molecule has 1 N–H and O–H groups in total. The van der Waals surface area contributed by atoms with E-state index >= 15 is 0 Å². The van der Waals surface area contributed by atoms with Crippen LogP contribution in [0, 0.1) is 11.3 Å². The molecule has 0 atom stereocenters. The first-order chi connectivity index (χ1) is 12.1. The molecule has 2 heterocycles. The fourth-order valence-electron chi connectivity index (χ4n) is 3.73. The summed E-state index contributed by atoms with van der Waals surface area (Å²) in [5.74, 6) is 0.709. The molecule has 126 valence electrons. The van der Waals surface area contributed by atoms with E-state index in [2.05, 4.69) is 27.4 Å². The van der Waals surface area contributed by atoms with E-state index in [-0.39, 0.29) is 23.3 Å². The first kappa shape index (κ1) is 15.4. The summed E-state index contributed by atoms with van der Waals surface area (Å²) in [6.07, 6.45) is 3.27. The predicted molar refractivity (Wildman–Crippen MR) is 90.3 cm³/mol. The normalized spacial score (nSPS) is 24.6. The number of methoxy groups -OCH3 is 1. The molecule has 1 aliphatic heterocycles. The van der Waals surface area contributed by atoms with Gasteiger partial charge in [-0.3, -0.25) is 4.90 Å². The van der Waals surface area contributed by atoms with Crippen LogP contribution >= 0.6 is 0 Å². The van der Waals surface area contributed by atoms with Crippen molar-refractivity contribution in [2.24, 2.45) is 0 Å². The molecule has 0 unspecified atom stereocenters. The number of nitriles is 1. The molecule has 1 aromatic heterocycles. The van der Waals surface area contributed by atoms with Gasteiger partial charge in [-0.2, -0.15) is 10.2 Å². The van der Waals surface area contributed by atoms with Crippen molar-refractivity contribution in [1.29, 1.82) is 5.26 Å². The maximum atomic E-state index is 12.5. The Kier molecular flexibility index (Phi) is 3.53. The number of rotatable bonds is 3. The van der Waals surface area contributed by atoms with Crippen molar-refractivity contribution in [1.82, 2.24) is 15.3 Å². The first-order valence-corrected chi connectivity index (χ1v) is 8.10. The van der Waals surface area contributed by atoms with Gasteiger partial charge in [-0.15, -0.1) is 0 Å². The molecule has 0 bridgehead atoms. The number of nitrogens with one attached hydrogen (secondary N) is 1. The van der Waals surface area contributed by atoms with Crippen LogP contribution in [0.2, 0.25) is 0 Å². The molecule has 4 rings (SSSR count). The highest BCUT2D eigenvalue weighted by Gasteiger charge is 2.52. The molecule has 0 radical (unpaired) electrons. The molecule has 1 aromatic carbocycles. The highest BCUT2D eigenvalue weighted by Crippen LogP contribution is 2.48. The van der Waals surface area contributed by atoms with Crippen LogP contribution in [0.1, 0.15) is 30.1 Å². The van der Waals surface area contributed by atoms with E-state index in [1.54, 1.807) is 4.90 Å². The fraction of sp³-hybridized carbons (Fsp3) is 0.333. The van der Waals surface area contributed by atoms with E-state index in [9.17, 15) is 4.79 Å². The number of carbonyl (C=O) groups is 1. The van der Waals surface area contributed by atoms with E-state index in [0.29, 0.717) is 18.2 Å². The Bertz CT molecular complexity index is 856. The Labute approximate surface area is 145 Å². The fourth-order valence-corrected chi connectivity index (χ4v) is 3.73. The van der Waals surface area contributed by atoms with Gasteiger partial charge in [-0.1, -0.05) is 30.3 Å². The summed E-state index contributed by atoms with van der Waals surface area (Å²) < 4.78 is 5.23. The van der Waals surface area contributed by atoms with Gasteiger partial charge < -0.3 is 10.1 Å². The molecule has 1 saturated carbocycles. The molecular weight excluding hydrogens is 318 g/mol. The molecule has 7 heteroatoms. The van der Waals surface area contributed by atoms with Gasteiger partial charge >= 0.3 is 6.03 Å². The van der Waals surface area contributed by atoms with Crippen LogP contribution in [0.25, 0.3) is 0 Å². The Morgan fingerprint density at radius 2 is 2.12 bits per heavy atom. The summed E-state index contributed by atoms with van der Waals surface area (Å²) in [6.45, 7) is 0.542. The van der Waals surface area contributed by atoms with Crippen LogP contribution in [0.15, 0.2) is 36.5 Å². The topological polar surface area (TPSA) is 91.1 Å². The predicted octanol–water partition coefficient (Wildman–Crippen LogP) is 2.20. The van der Waals surface area contributed by atoms with Crippen LogP contribution < -0.4 is 15.0 Å². The minimum atomic E-state index is -0.226. The monoisotopic (exact) mass is 335 g/mol. The lowest BCUT2D eigenvalue weighted by Gasteiger charge is -2.44. The largest absolute Gasteiger partial charge is 0.479 e. The van der Waals surface area contributed by atoms with Crippen LogP contribution in [0.5, 0.6) is 5.88 Å². The second kappa shape index (κ2) is 5.74. The minimum Gasteiger partial charge on any atom is -0.479 e.